The lowest BCUT2D eigenvalue weighted by Gasteiger charge is -2.32. The van der Waals surface area contributed by atoms with Gasteiger partial charge in [-0.15, -0.1) is 0 Å². The molecule has 1 atom stereocenters. The number of nitrogens with zero attached hydrogens (tertiary/aromatic N) is 2. The Balaban J connectivity index is 2.08. The van der Waals surface area contributed by atoms with Crippen molar-refractivity contribution in [3.8, 4) is 5.75 Å². The fraction of sp³-hybridized carbons (Fsp3) is 0.286. The fourth-order valence-corrected chi connectivity index (χ4v) is 5.46. The molecule has 0 aliphatic rings. The van der Waals surface area contributed by atoms with E-state index < -0.39 is 28.5 Å². The van der Waals surface area contributed by atoms with Gasteiger partial charge in [0.05, 0.1) is 17.7 Å². The Morgan fingerprint density at radius 2 is 1.55 bits per heavy atom. The Morgan fingerprint density at radius 1 is 0.947 bits per heavy atom. The lowest BCUT2D eigenvalue weighted by atomic mass is 10.1. The molecule has 0 aromatic heterocycles. The summed E-state index contributed by atoms with van der Waals surface area (Å²) in [7, 11) is -2.82. The first-order valence-electron chi connectivity index (χ1n) is 12.1. The molecule has 8 nitrogen and oxygen atoms in total. The third-order valence-corrected chi connectivity index (χ3v) is 7.82. The quantitative estimate of drug-likeness (QED) is 0.375. The van der Waals surface area contributed by atoms with Gasteiger partial charge in [-0.1, -0.05) is 60.1 Å². The zero-order valence-corrected chi connectivity index (χ0v) is 23.4. The van der Waals surface area contributed by atoms with Gasteiger partial charge in [0.2, 0.25) is 11.8 Å². The van der Waals surface area contributed by atoms with E-state index >= 15 is 0 Å². The minimum Gasteiger partial charge on any atom is -0.495 e. The second-order valence-corrected chi connectivity index (χ2v) is 11.3. The standard InChI is InChI=1S/C28H32ClN3O5S/c1-20(2)30-28(34)21(3)31(18-22-11-7-5-8-12-22)27(33)19-32(25-17-23(29)15-16-26(25)37-4)38(35,36)24-13-9-6-10-14-24/h5-17,20-21H,18-19H2,1-4H3,(H,30,34). The summed E-state index contributed by atoms with van der Waals surface area (Å²) in [6.07, 6.45) is 0. The van der Waals surface area contributed by atoms with E-state index in [1.165, 1.54) is 36.3 Å². The van der Waals surface area contributed by atoms with Crippen molar-refractivity contribution in [3.63, 3.8) is 0 Å². The van der Waals surface area contributed by atoms with Crippen molar-refractivity contribution < 1.29 is 22.7 Å². The van der Waals surface area contributed by atoms with E-state index in [0.717, 1.165) is 9.87 Å². The summed E-state index contributed by atoms with van der Waals surface area (Å²) in [4.78, 5) is 28.2. The molecule has 3 aromatic carbocycles. The molecule has 2 amide bonds. The van der Waals surface area contributed by atoms with Crippen LogP contribution in [0.25, 0.3) is 0 Å². The Bertz CT molecular complexity index is 1350. The van der Waals surface area contributed by atoms with Crippen molar-refractivity contribution >= 4 is 39.1 Å². The third-order valence-electron chi connectivity index (χ3n) is 5.81. The van der Waals surface area contributed by atoms with Gasteiger partial charge in [-0.3, -0.25) is 13.9 Å². The van der Waals surface area contributed by atoms with Crippen molar-refractivity contribution in [3.05, 3.63) is 89.4 Å². The molecule has 202 valence electrons. The highest BCUT2D eigenvalue weighted by atomic mass is 35.5. The lowest BCUT2D eigenvalue weighted by molar-refractivity contribution is -0.139. The predicted molar refractivity (Wildman–Crippen MR) is 149 cm³/mol. The molecule has 0 fully saturated rings. The average Bonchev–Trinajstić information content (AvgIpc) is 2.90. The van der Waals surface area contributed by atoms with Crippen LogP contribution in [-0.2, 0) is 26.2 Å². The number of methoxy groups -OCH3 is 1. The molecule has 0 aliphatic heterocycles. The molecule has 1 unspecified atom stereocenters. The van der Waals surface area contributed by atoms with Crippen molar-refractivity contribution in [1.82, 2.24) is 10.2 Å². The number of halogens is 1. The fourth-order valence-electron chi connectivity index (χ4n) is 3.86. The predicted octanol–water partition coefficient (Wildman–Crippen LogP) is 4.49. The zero-order chi connectivity index (χ0) is 27.9. The number of carbonyl (C=O) groups excluding carboxylic acids is 2. The highest BCUT2D eigenvalue weighted by Gasteiger charge is 2.34. The summed E-state index contributed by atoms with van der Waals surface area (Å²) >= 11 is 6.24. The molecule has 0 heterocycles. The van der Waals surface area contributed by atoms with Gasteiger partial charge in [-0.25, -0.2) is 8.42 Å². The number of anilines is 1. The summed E-state index contributed by atoms with van der Waals surface area (Å²) in [6.45, 7) is 4.80. The number of amides is 2. The van der Waals surface area contributed by atoms with Gasteiger partial charge in [-0.2, -0.15) is 0 Å². The molecule has 0 bridgehead atoms. The van der Waals surface area contributed by atoms with Crippen LogP contribution in [-0.4, -0.2) is 50.9 Å². The molecule has 38 heavy (non-hydrogen) atoms. The van der Waals surface area contributed by atoms with Crippen LogP contribution in [0.15, 0.2) is 83.8 Å². The van der Waals surface area contributed by atoms with E-state index in [0.29, 0.717) is 0 Å². The summed E-state index contributed by atoms with van der Waals surface area (Å²) in [6, 6.07) is 20.5. The van der Waals surface area contributed by atoms with Crippen molar-refractivity contribution in [2.75, 3.05) is 18.0 Å². The maximum atomic E-state index is 13.9. The van der Waals surface area contributed by atoms with Crippen LogP contribution in [0.1, 0.15) is 26.3 Å². The van der Waals surface area contributed by atoms with Gasteiger partial charge >= 0.3 is 0 Å². The smallest absolute Gasteiger partial charge is 0.264 e. The molecule has 10 heteroatoms. The van der Waals surface area contributed by atoms with Crippen LogP contribution in [0, 0.1) is 0 Å². The van der Waals surface area contributed by atoms with Gasteiger partial charge in [0.1, 0.15) is 18.3 Å². The Kier molecular flexibility index (Phi) is 9.77. The van der Waals surface area contributed by atoms with Crippen molar-refractivity contribution in [2.24, 2.45) is 0 Å². The van der Waals surface area contributed by atoms with Crippen LogP contribution in [0.3, 0.4) is 0 Å². The molecule has 3 aromatic rings. The molecule has 3 rings (SSSR count). The second-order valence-electron chi connectivity index (χ2n) is 8.99. The second kappa shape index (κ2) is 12.8. The van der Waals surface area contributed by atoms with Gasteiger partial charge in [-0.05, 0) is 56.7 Å². The maximum absolute atomic E-state index is 13.9. The van der Waals surface area contributed by atoms with E-state index in [1.807, 2.05) is 44.2 Å². The first-order valence-corrected chi connectivity index (χ1v) is 13.9. The zero-order valence-electron chi connectivity index (χ0n) is 21.8. The van der Waals surface area contributed by atoms with E-state index in [4.69, 9.17) is 16.3 Å². The number of sulfonamides is 1. The third kappa shape index (κ3) is 7.05. The summed E-state index contributed by atoms with van der Waals surface area (Å²) in [5, 5.41) is 3.10. The molecular weight excluding hydrogens is 526 g/mol. The van der Waals surface area contributed by atoms with E-state index in [9.17, 15) is 18.0 Å². The Morgan fingerprint density at radius 3 is 2.13 bits per heavy atom. The minimum atomic E-state index is -4.22. The number of rotatable bonds is 11. The largest absolute Gasteiger partial charge is 0.495 e. The van der Waals surface area contributed by atoms with Crippen LogP contribution >= 0.6 is 11.6 Å². The topological polar surface area (TPSA) is 96.0 Å². The van der Waals surface area contributed by atoms with Crippen molar-refractivity contribution in [2.45, 2.75) is 44.3 Å². The molecule has 0 radical (unpaired) electrons. The molecular formula is C28H32ClN3O5S. The van der Waals surface area contributed by atoms with Gasteiger partial charge in [0, 0.05) is 17.6 Å². The van der Waals surface area contributed by atoms with Gasteiger partial charge in [0.25, 0.3) is 10.0 Å². The van der Waals surface area contributed by atoms with E-state index in [-0.39, 0.29) is 39.8 Å². The number of hydrogen-bond donors (Lipinski definition) is 1. The molecule has 0 spiro atoms. The summed E-state index contributed by atoms with van der Waals surface area (Å²) in [5.74, 6) is -0.689. The number of carbonyl (C=O) groups is 2. The highest BCUT2D eigenvalue weighted by molar-refractivity contribution is 7.92. The van der Waals surface area contributed by atoms with Gasteiger partial charge in [0.15, 0.2) is 0 Å². The van der Waals surface area contributed by atoms with Crippen LogP contribution in [0.5, 0.6) is 5.75 Å². The monoisotopic (exact) mass is 557 g/mol. The summed E-state index contributed by atoms with van der Waals surface area (Å²) < 4.78 is 34.1. The minimum absolute atomic E-state index is 0.00460. The lowest BCUT2D eigenvalue weighted by Crippen LogP contribution is -2.52. The number of ether oxygens (including phenoxy) is 1. The highest BCUT2D eigenvalue weighted by Crippen LogP contribution is 2.35. The van der Waals surface area contributed by atoms with Crippen LogP contribution in [0.4, 0.5) is 5.69 Å². The number of benzene rings is 3. The van der Waals surface area contributed by atoms with E-state index in [1.54, 1.807) is 31.2 Å². The first kappa shape index (κ1) is 29.0. The number of nitrogens with one attached hydrogen (secondary N) is 1. The number of hydrogen-bond acceptors (Lipinski definition) is 5. The van der Waals surface area contributed by atoms with E-state index in [2.05, 4.69) is 5.32 Å². The maximum Gasteiger partial charge on any atom is 0.264 e. The Labute approximate surface area is 229 Å². The van der Waals surface area contributed by atoms with Crippen LogP contribution in [0.2, 0.25) is 5.02 Å². The molecule has 0 saturated carbocycles. The molecule has 1 N–H and O–H groups in total. The average molecular weight is 558 g/mol. The SMILES string of the molecule is COc1ccc(Cl)cc1N(CC(=O)N(Cc1ccccc1)C(C)C(=O)NC(C)C)S(=O)(=O)c1ccccc1. The molecule has 0 saturated heterocycles. The van der Waals surface area contributed by atoms with Crippen LogP contribution < -0.4 is 14.4 Å². The van der Waals surface area contributed by atoms with Crippen molar-refractivity contribution in [1.29, 1.82) is 0 Å². The molecule has 0 aliphatic carbocycles. The normalized spacial score (nSPS) is 12.1. The van der Waals surface area contributed by atoms with Gasteiger partial charge < -0.3 is 15.0 Å². The summed E-state index contributed by atoms with van der Waals surface area (Å²) in [5.41, 5.74) is 0.902. The Hall–Kier alpha value is -3.56. The first-order chi connectivity index (χ1) is 18.0.